The summed E-state index contributed by atoms with van der Waals surface area (Å²) in [5.41, 5.74) is 6.84. The van der Waals surface area contributed by atoms with Gasteiger partial charge in [0, 0.05) is 11.4 Å². The number of anilines is 1. The number of aromatic nitrogens is 2. The smallest absolute Gasteiger partial charge is 0.230 e. The summed E-state index contributed by atoms with van der Waals surface area (Å²) in [4.78, 5) is 21.2. The molecule has 11 heteroatoms. The zero-order valence-electron chi connectivity index (χ0n) is 15.4. The van der Waals surface area contributed by atoms with E-state index in [0.29, 0.717) is 6.54 Å². The summed E-state index contributed by atoms with van der Waals surface area (Å²) in [5, 5.41) is 4.74. The van der Waals surface area contributed by atoms with Crippen molar-refractivity contribution in [3.8, 4) is 0 Å². The van der Waals surface area contributed by atoms with Crippen molar-refractivity contribution >= 4 is 56.4 Å². The van der Waals surface area contributed by atoms with E-state index < -0.39 is 9.84 Å². The third-order valence-corrected chi connectivity index (χ3v) is 8.56. The van der Waals surface area contributed by atoms with Crippen LogP contribution in [0, 0.1) is 0 Å². The molecule has 0 unspecified atom stereocenters. The van der Waals surface area contributed by atoms with Crippen molar-refractivity contribution in [1.29, 1.82) is 0 Å². The van der Waals surface area contributed by atoms with Crippen molar-refractivity contribution in [2.45, 2.75) is 25.7 Å². The maximum absolute atomic E-state index is 12.5. The molecule has 1 aromatic carbocycles. The Kier molecular flexibility index (Phi) is 7.17. The van der Waals surface area contributed by atoms with Crippen LogP contribution < -0.4 is 11.1 Å². The SMILES string of the molecule is CSc1ccc(CNC(=O)CSc2ncc(S(=O)(=O)c3cccs3)c(N)n2)cc1. The van der Waals surface area contributed by atoms with Crippen molar-refractivity contribution in [2.75, 3.05) is 17.7 Å². The summed E-state index contributed by atoms with van der Waals surface area (Å²) in [6.45, 7) is 0.426. The van der Waals surface area contributed by atoms with Gasteiger partial charge in [0.2, 0.25) is 15.7 Å². The van der Waals surface area contributed by atoms with E-state index in [2.05, 4.69) is 15.3 Å². The molecule has 0 aliphatic rings. The van der Waals surface area contributed by atoms with Crippen LogP contribution in [0.1, 0.15) is 5.56 Å². The molecule has 2 heterocycles. The Labute approximate surface area is 181 Å². The lowest BCUT2D eigenvalue weighted by molar-refractivity contribution is -0.118. The number of amides is 1. The van der Waals surface area contributed by atoms with Gasteiger partial charge in [-0.2, -0.15) is 0 Å². The normalized spacial score (nSPS) is 11.3. The highest BCUT2D eigenvalue weighted by Gasteiger charge is 2.23. The van der Waals surface area contributed by atoms with Gasteiger partial charge in [-0.05, 0) is 35.4 Å². The molecule has 0 saturated carbocycles. The Bertz CT molecular complexity index is 1080. The van der Waals surface area contributed by atoms with Crippen LogP contribution in [0.2, 0.25) is 0 Å². The molecule has 152 valence electrons. The number of rotatable bonds is 8. The second-order valence-corrected chi connectivity index (χ2v) is 10.7. The van der Waals surface area contributed by atoms with E-state index in [1.807, 2.05) is 30.5 Å². The second-order valence-electron chi connectivity index (χ2n) is 5.75. The van der Waals surface area contributed by atoms with Crippen LogP contribution in [0.3, 0.4) is 0 Å². The highest BCUT2D eigenvalue weighted by atomic mass is 32.2. The lowest BCUT2D eigenvalue weighted by Crippen LogP contribution is -2.24. The number of carbonyl (C=O) groups is 1. The molecule has 29 heavy (non-hydrogen) atoms. The van der Waals surface area contributed by atoms with E-state index in [0.717, 1.165) is 33.6 Å². The number of hydrogen-bond acceptors (Lipinski definition) is 9. The molecule has 0 bridgehead atoms. The standard InChI is InChI=1S/C18H18N4O3S4/c1-26-13-6-4-12(5-7-13)9-20-15(23)11-28-18-21-10-14(17(19)22-18)29(24,25)16-3-2-8-27-16/h2-8,10H,9,11H2,1H3,(H,20,23)(H2,19,21,22). The molecule has 0 aliphatic carbocycles. The van der Waals surface area contributed by atoms with Crippen LogP contribution in [0.25, 0.3) is 0 Å². The maximum Gasteiger partial charge on any atom is 0.230 e. The van der Waals surface area contributed by atoms with E-state index in [1.165, 1.54) is 12.3 Å². The zero-order chi connectivity index (χ0) is 20.9. The quantitative estimate of drug-likeness (QED) is 0.384. The number of thiophene rings is 1. The molecule has 0 aliphatic heterocycles. The Hall–Kier alpha value is -2.08. The fourth-order valence-corrected chi connectivity index (χ4v) is 5.73. The van der Waals surface area contributed by atoms with Gasteiger partial charge in [0.1, 0.15) is 14.9 Å². The van der Waals surface area contributed by atoms with Gasteiger partial charge in [-0.25, -0.2) is 18.4 Å². The first-order valence-corrected chi connectivity index (χ1v) is 12.9. The first kappa shape index (κ1) is 21.6. The molecule has 0 spiro atoms. The Morgan fingerprint density at radius 1 is 1.24 bits per heavy atom. The first-order chi connectivity index (χ1) is 13.9. The Morgan fingerprint density at radius 3 is 2.62 bits per heavy atom. The van der Waals surface area contributed by atoms with E-state index in [1.54, 1.807) is 23.2 Å². The molecular formula is C18H18N4O3S4. The number of nitrogens with two attached hydrogens (primary N) is 1. The number of benzene rings is 1. The summed E-state index contributed by atoms with van der Waals surface area (Å²) < 4.78 is 25.2. The van der Waals surface area contributed by atoms with Crippen LogP contribution in [-0.4, -0.2) is 36.3 Å². The molecule has 3 N–H and O–H groups in total. The molecule has 0 atom stereocenters. The van der Waals surface area contributed by atoms with Gasteiger partial charge < -0.3 is 11.1 Å². The van der Waals surface area contributed by atoms with Crippen molar-refractivity contribution in [1.82, 2.24) is 15.3 Å². The van der Waals surface area contributed by atoms with Crippen LogP contribution >= 0.6 is 34.9 Å². The van der Waals surface area contributed by atoms with Gasteiger partial charge in [0.25, 0.3) is 0 Å². The third-order valence-electron chi connectivity index (χ3n) is 3.79. The average molecular weight is 467 g/mol. The molecule has 2 aromatic heterocycles. The number of hydrogen-bond donors (Lipinski definition) is 2. The van der Waals surface area contributed by atoms with Crippen LogP contribution in [0.4, 0.5) is 5.82 Å². The molecule has 1 amide bonds. The molecule has 0 fully saturated rings. The van der Waals surface area contributed by atoms with Gasteiger partial charge in [-0.3, -0.25) is 4.79 Å². The number of carbonyl (C=O) groups excluding carboxylic acids is 1. The minimum absolute atomic E-state index is 0.0966. The summed E-state index contributed by atoms with van der Waals surface area (Å²) in [7, 11) is -3.74. The van der Waals surface area contributed by atoms with E-state index in [-0.39, 0.29) is 31.7 Å². The van der Waals surface area contributed by atoms with Crippen molar-refractivity contribution in [2.24, 2.45) is 0 Å². The summed E-state index contributed by atoms with van der Waals surface area (Å²) >= 11 is 3.85. The number of nitrogens with one attached hydrogen (secondary N) is 1. The zero-order valence-corrected chi connectivity index (χ0v) is 18.6. The van der Waals surface area contributed by atoms with Crippen LogP contribution in [-0.2, 0) is 21.2 Å². The largest absolute Gasteiger partial charge is 0.382 e. The predicted octanol–water partition coefficient (Wildman–Crippen LogP) is 3.08. The third kappa shape index (κ3) is 5.50. The molecule has 3 rings (SSSR count). The summed E-state index contributed by atoms with van der Waals surface area (Å²) in [6.07, 6.45) is 3.19. The van der Waals surface area contributed by atoms with Crippen LogP contribution in [0.15, 0.2) is 67.1 Å². The first-order valence-electron chi connectivity index (χ1n) is 8.33. The van der Waals surface area contributed by atoms with Gasteiger partial charge in [-0.1, -0.05) is 30.0 Å². The number of thioether (sulfide) groups is 2. The number of sulfone groups is 1. The van der Waals surface area contributed by atoms with Crippen LogP contribution in [0.5, 0.6) is 0 Å². The van der Waals surface area contributed by atoms with E-state index in [9.17, 15) is 13.2 Å². The fraction of sp³-hybridized carbons (Fsp3) is 0.167. The topological polar surface area (TPSA) is 115 Å². The summed E-state index contributed by atoms with van der Waals surface area (Å²) in [5.74, 6) is -0.217. The second kappa shape index (κ2) is 9.61. The average Bonchev–Trinajstić information content (AvgIpc) is 3.27. The Morgan fingerprint density at radius 2 is 2.00 bits per heavy atom. The molecule has 7 nitrogen and oxygen atoms in total. The van der Waals surface area contributed by atoms with Gasteiger partial charge in [-0.15, -0.1) is 23.1 Å². The number of nitrogen functional groups attached to an aromatic ring is 1. The van der Waals surface area contributed by atoms with Crippen molar-refractivity contribution in [3.63, 3.8) is 0 Å². The van der Waals surface area contributed by atoms with Gasteiger partial charge in [0.15, 0.2) is 5.16 Å². The van der Waals surface area contributed by atoms with Gasteiger partial charge >= 0.3 is 0 Å². The van der Waals surface area contributed by atoms with E-state index >= 15 is 0 Å². The number of nitrogens with zero attached hydrogens (tertiary/aromatic N) is 2. The fourth-order valence-electron chi connectivity index (χ4n) is 2.29. The molecule has 0 radical (unpaired) electrons. The lowest BCUT2D eigenvalue weighted by atomic mass is 10.2. The minimum atomic E-state index is -3.74. The maximum atomic E-state index is 12.5. The molecular weight excluding hydrogens is 448 g/mol. The van der Waals surface area contributed by atoms with Gasteiger partial charge in [0.05, 0.1) is 11.9 Å². The van der Waals surface area contributed by atoms with Crippen molar-refractivity contribution in [3.05, 3.63) is 53.5 Å². The lowest BCUT2D eigenvalue weighted by Gasteiger charge is -2.07. The summed E-state index contributed by atoms with van der Waals surface area (Å²) in [6, 6.07) is 11.1. The van der Waals surface area contributed by atoms with Crippen molar-refractivity contribution < 1.29 is 13.2 Å². The predicted molar refractivity (Wildman–Crippen MR) is 117 cm³/mol. The monoisotopic (exact) mass is 466 g/mol. The molecule has 0 saturated heterocycles. The minimum Gasteiger partial charge on any atom is -0.382 e. The highest BCUT2D eigenvalue weighted by molar-refractivity contribution is 7.99. The molecule has 3 aromatic rings. The van der Waals surface area contributed by atoms with E-state index in [4.69, 9.17) is 5.73 Å². The highest BCUT2D eigenvalue weighted by Crippen LogP contribution is 2.28. The Balaban J connectivity index is 1.56.